The van der Waals surface area contributed by atoms with Gasteiger partial charge in [-0.2, -0.15) is 0 Å². The third kappa shape index (κ3) is 2.40. The second kappa shape index (κ2) is 5.96. The van der Waals surface area contributed by atoms with Gasteiger partial charge >= 0.3 is 5.97 Å². The van der Waals surface area contributed by atoms with Crippen molar-refractivity contribution in [3.05, 3.63) is 46.5 Å². The van der Waals surface area contributed by atoms with Gasteiger partial charge in [-0.05, 0) is 38.5 Å². The Morgan fingerprint density at radius 3 is 2.88 bits per heavy atom. The number of ether oxygens (including phenoxy) is 1. The maximum absolute atomic E-state index is 12.3. The average Bonchev–Trinajstić information content (AvgIpc) is 2.97. The number of nitrogens with one attached hydrogen (secondary N) is 1. The van der Waals surface area contributed by atoms with Crippen LogP contribution >= 0.6 is 0 Å². The SMILES string of the molecule is CCOC(=O)c1c(C)c(C=C2C(=O)Nc3ccncc32)n(C)c1C. The molecular formula is C18H19N3O3. The van der Waals surface area contributed by atoms with Crippen LogP contribution in [0.1, 0.15) is 39.8 Å². The summed E-state index contributed by atoms with van der Waals surface area (Å²) >= 11 is 0. The molecule has 0 fully saturated rings. The second-order valence-corrected chi connectivity index (χ2v) is 5.68. The van der Waals surface area contributed by atoms with E-state index in [-0.39, 0.29) is 11.9 Å². The van der Waals surface area contributed by atoms with Gasteiger partial charge in [0.1, 0.15) is 0 Å². The highest BCUT2D eigenvalue weighted by Crippen LogP contribution is 2.33. The van der Waals surface area contributed by atoms with E-state index in [0.29, 0.717) is 17.7 Å². The van der Waals surface area contributed by atoms with E-state index in [1.165, 1.54) is 0 Å². The molecule has 0 unspecified atom stereocenters. The van der Waals surface area contributed by atoms with E-state index in [1.54, 1.807) is 31.5 Å². The van der Waals surface area contributed by atoms with Crippen LogP contribution in [-0.4, -0.2) is 28.0 Å². The third-order valence-corrected chi connectivity index (χ3v) is 4.35. The summed E-state index contributed by atoms with van der Waals surface area (Å²) in [6, 6.07) is 1.77. The molecule has 3 rings (SSSR count). The Morgan fingerprint density at radius 2 is 2.17 bits per heavy atom. The van der Waals surface area contributed by atoms with Crippen molar-refractivity contribution < 1.29 is 14.3 Å². The summed E-state index contributed by atoms with van der Waals surface area (Å²) < 4.78 is 7.04. The van der Waals surface area contributed by atoms with Crippen molar-refractivity contribution in [1.29, 1.82) is 0 Å². The second-order valence-electron chi connectivity index (χ2n) is 5.68. The summed E-state index contributed by atoms with van der Waals surface area (Å²) in [4.78, 5) is 28.6. The van der Waals surface area contributed by atoms with Gasteiger partial charge < -0.3 is 14.6 Å². The maximum atomic E-state index is 12.3. The van der Waals surface area contributed by atoms with Crippen molar-refractivity contribution in [1.82, 2.24) is 9.55 Å². The lowest BCUT2D eigenvalue weighted by Gasteiger charge is -2.03. The molecule has 0 spiro atoms. The number of carbonyl (C=O) groups is 2. The molecule has 1 N–H and O–H groups in total. The summed E-state index contributed by atoms with van der Waals surface area (Å²) in [5.41, 5.74) is 5.01. The molecule has 2 aromatic rings. The summed E-state index contributed by atoms with van der Waals surface area (Å²) in [5, 5.41) is 2.82. The van der Waals surface area contributed by atoms with Crippen molar-refractivity contribution >= 4 is 29.2 Å². The molecule has 0 aromatic carbocycles. The molecule has 0 atom stereocenters. The van der Waals surface area contributed by atoms with Crippen LogP contribution in [0.4, 0.5) is 5.69 Å². The van der Waals surface area contributed by atoms with Gasteiger partial charge in [0.25, 0.3) is 5.91 Å². The standard InChI is InChI=1S/C18H19N3O3/c1-5-24-18(23)16-10(2)15(21(4)11(16)3)8-12-13-9-19-7-6-14(13)20-17(12)22/h6-9H,5H2,1-4H3,(H,20,22). The van der Waals surface area contributed by atoms with E-state index in [2.05, 4.69) is 10.3 Å². The minimum atomic E-state index is -0.342. The van der Waals surface area contributed by atoms with E-state index in [4.69, 9.17) is 4.74 Å². The lowest BCUT2D eigenvalue weighted by atomic mass is 10.1. The number of hydrogen-bond acceptors (Lipinski definition) is 4. The molecular weight excluding hydrogens is 306 g/mol. The van der Waals surface area contributed by atoms with Crippen molar-refractivity contribution in [2.75, 3.05) is 11.9 Å². The van der Waals surface area contributed by atoms with Crippen LogP contribution in [0.25, 0.3) is 11.6 Å². The molecule has 0 saturated heterocycles. The first-order valence-corrected chi connectivity index (χ1v) is 7.76. The normalized spacial score (nSPS) is 14.7. The Morgan fingerprint density at radius 1 is 1.42 bits per heavy atom. The van der Waals surface area contributed by atoms with E-state index in [1.807, 2.05) is 25.5 Å². The number of esters is 1. The lowest BCUT2D eigenvalue weighted by Crippen LogP contribution is -2.07. The maximum Gasteiger partial charge on any atom is 0.340 e. The molecule has 1 aliphatic heterocycles. The number of aromatic nitrogens is 2. The Bertz CT molecular complexity index is 878. The fraction of sp³-hybridized carbons (Fsp3) is 0.278. The number of anilines is 1. The van der Waals surface area contributed by atoms with E-state index in [9.17, 15) is 9.59 Å². The van der Waals surface area contributed by atoms with Crippen LogP contribution in [0.15, 0.2) is 18.5 Å². The van der Waals surface area contributed by atoms with Crippen molar-refractivity contribution in [3.63, 3.8) is 0 Å². The Balaban J connectivity index is 2.13. The number of carbonyl (C=O) groups excluding carboxylic acids is 2. The van der Waals surface area contributed by atoms with Gasteiger partial charge in [-0.25, -0.2) is 4.79 Å². The number of rotatable bonds is 3. The van der Waals surface area contributed by atoms with E-state index in [0.717, 1.165) is 28.2 Å². The Kier molecular flexibility index (Phi) is 3.97. The third-order valence-electron chi connectivity index (χ3n) is 4.35. The van der Waals surface area contributed by atoms with Crippen LogP contribution in [0, 0.1) is 13.8 Å². The number of fused-ring (bicyclic) bond motifs is 1. The predicted octanol–water partition coefficient (Wildman–Crippen LogP) is 2.71. The smallest absolute Gasteiger partial charge is 0.340 e. The molecule has 0 bridgehead atoms. The fourth-order valence-electron chi connectivity index (χ4n) is 3.02. The van der Waals surface area contributed by atoms with Gasteiger partial charge in [-0.1, -0.05) is 0 Å². The minimum absolute atomic E-state index is 0.172. The van der Waals surface area contributed by atoms with Crippen LogP contribution in [-0.2, 0) is 16.6 Å². The summed E-state index contributed by atoms with van der Waals surface area (Å²) in [7, 11) is 1.87. The molecule has 1 amide bonds. The first kappa shape index (κ1) is 16.0. The van der Waals surface area contributed by atoms with Gasteiger partial charge in [0.05, 0.1) is 23.4 Å². The van der Waals surface area contributed by atoms with Gasteiger partial charge in [-0.15, -0.1) is 0 Å². The highest BCUT2D eigenvalue weighted by atomic mass is 16.5. The number of pyridine rings is 1. The summed E-state index contributed by atoms with van der Waals surface area (Å²) in [6.07, 6.45) is 5.10. The quantitative estimate of drug-likeness (QED) is 0.695. The molecule has 6 nitrogen and oxygen atoms in total. The molecule has 0 saturated carbocycles. The highest BCUT2D eigenvalue weighted by molar-refractivity contribution is 6.34. The topological polar surface area (TPSA) is 73.2 Å². The molecule has 3 heterocycles. The average molecular weight is 325 g/mol. The lowest BCUT2D eigenvalue weighted by molar-refractivity contribution is -0.110. The molecule has 2 aromatic heterocycles. The fourth-order valence-corrected chi connectivity index (χ4v) is 3.02. The zero-order valence-corrected chi connectivity index (χ0v) is 14.1. The van der Waals surface area contributed by atoms with Crippen molar-refractivity contribution in [2.24, 2.45) is 7.05 Å². The molecule has 0 radical (unpaired) electrons. The monoisotopic (exact) mass is 325 g/mol. The summed E-state index contributed by atoms with van der Waals surface area (Å²) in [5.74, 6) is -0.514. The molecule has 124 valence electrons. The van der Waals surface area contributed by atoms with Gasteiger partial charge in [0, 0.05) is 36.4 Å². The first-order chi connectivity index (χ1) is 11.5. The minimum Gasteiger partial charge on any atom is -0.462 e. The molecule has 1 aliphatic rings. The summed E-state index contributed by atoms with van der Waals surface area (Å²) in [6.45, 7) is 5.83. The highest BCUT2D eigenvalue weighted by Gasteiger charge is 2.26. The first-order valence-electron chi connectivity index (χ1n) is 7.76. The number of amides is 1. The van der Waals surface area contributed by atoms with Crippen molar-refractivity contribution in [3.8, 4) is 0 Å². The van der Waals surface area contributed by atoms with Crippen molar-refractivity contribution in [2.45, 2.75) is 20.8 Å². The van der Waals surface area contributed by atoms with Crippen LogP contribution in [0.3, 0.4) is 0 Å². The Labute approximate surface area is 140 Å². The van der Waals surface area contributed by atoms with E-state index < -0.39 is 0 Å². The zero-order valence-electron chi connectivity index (χ0n) is 14.1. The van der Waals surface area contributed by atoms with Crippen LogP contribution in [0.2, 0.25) is 0 Å². The molecule has 0 aliphatic carbocycles. The van der Waals surface area contributed by atoms with Gasteiger partial charge in [0.2, 0.25) is 0 Å². The van der Waals surface area contributed by atoms with Gasteiger partial charge in [-0.3, -0.25) is 9.78 Å². The van der Waals surface area contributed by atoms with E-state index >= 15 is 0 Å². The van der Waals surface area contributed by atoms with Crippen LogP contribution in [0.5, 0.6) is 0 Å². The number of hydrogen-bond donors (Lipinski definition) is 1. The number of nitrogens with zero attached hydrogens (tertiary/aromatic N) is 2. The predicted molar refractivity (Wildman–Crippen MR) is 91.6 cm³/mol. The molecule has 24 heavy (non-hydrogen) atoms. The zero-order chi connectivity index (χ0) is 17.4. The largest absolute Gasteiger partial charge is 0.462 e. The van der Waals surface area contributed by atoms with Gasteiger partial charge in [0.15, 0.2) is 0 Å². The van der Waals surface area contributed by atoms with Crippen LogP contribution < -0.4 is 5.32 Å². The molecule has 6 heteroatoms. The Hall–Kier alpha value is -2.89.